The maximum atomic E-state index is 6.17. The monoisotopic (exact) mass is 252 g/mol. The van der Waals surface area contributed by atoms with Crippen molar-refractivity contribution in [2.24, 2.45) is 0 Å². The van der Waals surface area contributed by atoms with E-state index in [0.717, 1.165) is 12.2 Å². The van der Waals surface area contributed by atoms with Gasteiger partial charge in [-0.05, 0) is 43.0 Å². The van der Waals surface area contributed by atoms with E-state index in [9.17, 15) is 0 Å². The highest BCUT2D eigenvalue weighted by atomic mass is 15.2. The van der Waals surface area contributed by atoms with Crippen LogP contribution in [0.5, 0.6) is 0 Å². The Balaban J connectivity index is 1.97. The van der Waals surface area contributed by atoms with E-state index >= 15 is 0 Å². The molecule has 0 spiro atoms. The lowest BCUT2D eigenvalue weighted by Crippen LogP contribution is -2.23. The Morgan fingerprint density at radius 3 is 2.68 bits per heavy atom. The molecule has 0 aromatic heterocycles. The third-order valence-electron chi connectivity index (χ3n) is 3.93. The predicted octanol–water partition coefficient (Wildman–Crippen LogP) is 3.92. The summed E-state index contributed by atoms with van der Waals surface area (Å²) < 4.78 is 0. The number of aryl methyl sites for hydroxylation is 1. The van der Waals surface area contributed by atoms with Crippen LogP contribution in [0.1, 0.15) is 30.0 Å². The van der Waals surface area contributed by atoms with Gasteiger partial charge in [-0.15, -0.1) is 0 Å². The number of nitrogens with zero attached hydrogens (tertiary/aromatic N) is 1. The summed E-state index contributed by atoms with van der Waals surface area (Å²) in [6.45, 7) is 3.21. The van der Waals surface area contributed by atoms with E-state index in [2.05, 4.69) is 54.3 Å². The molecule has 0 radical (unpaired) electrons. The van der Waals surface area contributed by atoms with Gasteiger partial charge in [-0.1, -0.05) is 36.4 Å². The van der Waals surface area contributed by atoms with Crippen molar-refractivity contribution in [1.82, 2.24) is 0 Å². The molecule has 1 saturated heterocycles. The predicted molar refractivity (Wildman–Crippen MR) is 81.4 cm³/mol. The van der Waals surface area contributed by atoms with Crippen LogP contribution in [0.3, 0.4) is 0 Å². The van der Waals surface area contributed by atoms with Crippen molar-refractivity contribution in [3.05, 3.63) is 59.7 Å². The molecule has 0 saturated carbocycles. The summed E-state index contributed by atoms with van der Waals surface area (Å²) in [5.74, 6) is 0. The Morgan fingerprint density at radius 2 is 1.89 bits per heavy atom. The van der Waals surface area contributed by atoms with Gasteiger partial charge in [-0.3, -0.25) is 0 Å². The van der Waals surface area contributed by atoms with Gasteiger partial charge in [0, 0.05) is 6.54 Å². The minimum atomic E-state index is 0.463. The highest BCUT2D eigenvalue weighted by Crippen LogP contribution is 2.38. The lowest BCUT2D eigenvalue weighted by atomic mass is 10.0. The molecule has 2 N–H and O–H groups in total. The summed E-state index contributed by atoms with van der Waals surface area (Å²) in [5, 5.41) is 0. The SMILES string of the molecule is Cc1ccc(N)c(N2CCCC2c2ccccc2)c1. The average Bonchev–Trinajstić information content (AvgIpc) is 2.91. The standard InChI is InChI=1S/C17H20N2/c1-13-9-10-15(18)17(12-13)19-11-5-8-16(19)14-6-3-2-4-7-14/h2-4,6-7,9-10,12,16H,5,8,11,18H2,1H3. The summed E-state index contributed by atoms with van der Waals surface area (Å²) in [6.07, 6.45) is 2.43. The third-order valence-corrected chi connectivity index (χ3v) is 3.93. The largest absolute Gasteiger partial charge is 0.397 e. The zero-order valence-corrected chi connectivity index (χ0v) is 11.3. The highest BCUT2D eigenvalue weighted by Gasteiger charge is 2.27. The molecule has 2 aromatic rings. The van der Waals surface area contributed by atoms with E-state index < -0.39 is 0 Å². The van der Waals surface area contributed by atoms with Crippen LogP contribution >= 0.6 is 0 Å². The lowest BCUT2D eigenvalue weighted by molar-refractivity contribution is 0.720. The number of benzene rings is 2. The first kappa shape index (κ1) is 12.1. The smallest absolute Gasteiger partial charge is 0.0607 e. The molecule has 1 atom stereocenters. The zero-order valence-electron chi connectivity index (χ0n) is 11.3. The van der Waals surface area contributed by atoms with Crippen molar-refractivity contribution in [3.8, 4) is 0 Å². The number of rotatable bonds is 2. The van der Waals surface area contributed by atoms with Gasteiger partial charge in [-0.25, -0.2) is 0 Å². The molecule has 98 valence electrons. The first-order valence-corrected chi connectivity index (χ1v) is 6.93. The van der Waals surface area contributed by atoms with Gasteiger partial charge in [0.25, 0.3) is 0 Å². The van der Waals surface area contributed by atoms with Crippen molar-refractivity contribution in [3.63, 3.8) is 0 Å². The molecule has 0 bridgehead atoms. The van der Waals surface area contributed by atoms with Crippen molar-refractivity contribution >= 4 is 11.4 Å². The second kappa shape index (κ2) is 4.96. The van der Waals surface area contributed by atoms with E-state index in [1.54, 1.807) is 0 Å². The fraction of sp³-hybridized carbons (Fsp3) is 0.294. The summed E-state index contributed by atoms with van der Waals surface area (Å²) >= 11 is 0. The minimum absolute atomic E-state index is 0.463. The van der Waals surface area contributed by atoms with E-state index in [1.807, 2.05) is 6.07 Å². The molecule has 0 amide bonds. The molecular weight excluding hydrogens is 232 g/mol. The molecular formula is C17H20N2. The molecule has 19 heavy (non-hydrogen) atoms. The van der Waals surface area contributed by atoms with Gasteiger partial charge < -0.3 is 10.6 Å². The molecule has 2 aromatic carbocycles. The van der Waals surface area contributed by atoms with Gasteiger partial charge in [0.15, 0.2) is 0 Å². The van der Waals surface area contributed by atoms with Crippen LogP contribution in [0.2, 0.25) is 0 Å². The van der Waals surface area contributed by atoms with E-state index in [4.69, 9.17) is 5.73 Å². The maximum Gasteiger partial charge on any atom is 0.0607 e. The number of hydrogen-bond acceptors (Lipinski definition) is 2. The van der Waals surface area contributed by atoms with Crippen LogP contribution in [-0.4, -0.2) is 6.54 Å². The second-order valence-electron chi connectivity index (χ2n) is 5.32. The van der Waals surface area contributed by atoms with Gasteiger partial charge in [0.05, 0.1) is 17.4 Å². The molecule has 1 unspecified atom stereocenters. The van der Waals surface area contributed by atoms with Crippen molar-refractivity contribution in [2.75, 3.05) is 17.2 Å². The van der Waals surface area contributed by atoms with Gasteiger partial charge >= 0.3 is 0 Å². The van der Waals surface area contributed by atoms with Crippen LogP contribution in [0, 0.1) is 6.92 Å². The van der Waals surface area contributed by atoms with Crippen LogP contribution in [-0.2, 0) is 0 Å². The van der Waals surface area contributed by atoms with Gasteiger partial charge in [0.2, 0.25) is 0 Å². The zero-order chi connectivity index (χ0) is 13.2. The van der Waals surface area contributed by atoms with Crippen LogP contribution < -0.4 is 10.6 Å². The average molecular weight is 252 g/mol. The molecule has 1 fully saturated rings. The van der Waals surface area contributed by atoms with Crippen LogP contribution in [0.15, 0.2) is 48.5 Å². The molecule has 0 aliphatic carbocycles. The first-order valence-electron chi connectivity index (χ1n) is 6.93. The molecule has 1 aliphatic rings. The summed E-state index contributed by atoms with van der Waals surface area (Å²) in [7, 11) is 0. The Hall–Kier alpha value is -1.96. The molecule has 2 heteroatoms. The number of anilines is 2. The van der Waals surface area contributed by atoms with Crippen molar-refractivity contribution in [2.45, 2.75) is 25.8 Å². The first-order chi connectivity index (χ1) is 9.25. The Morgan fingerprint density at radius 1 is 1.11 bits per heavy atom. The van der Waals surface area contributed by atoms with E-state index in [0.29, 0.717) is 6.04 Å². The summed E-state index contributed by atoms with van der Waals surface area (Å²) in [6, 6.07) is 17.5. The lowest BCUT2D eigenvalue weighted by Gasteiger charge is -2.28. The number of nitrogens with two attached hydrogens (primary N) is 1. The summed E-state index contributed by atoms with van der Waals surface area (Å²) in [5.41, 5.74) is 10.9. The minimum Gasteiger partial charge on any atom is -0.397 e. The number of hydrogen-bond donors (Lipinski definition) is 1. The number of nitrogen functional groups attached to an aromatic ring is 1. The fourth-order valence-corrected chi connectivity index (χ4v) is 2.98. The second-order valence-corrected chi connectivity index (χ2v) is 5.32. The molecule has 3 rings (SSSR count). The van der Waals surface area contributed by atoms with E-state index in [1.165, 1.54) is 29.7 Å². The Bertz CT molecular complexity index is 563. The van der Waals surface area contributed by atoms with Crippen LogP contribution in [0.25, 0.3) is 0 Å². The van der Waals surface area contributed by atoms with Gasteiger partial charge in [-0.2, -0.15) is 0 Å². The van der Waals surface area contributed by atoms with Gasteiger partial charge in [0.1, 0.15) is 0 Å². The third kappa shape index (κ3) is 2.30. The maximum absolute atomic E-state index is 6.17. The molecule has 2 nitrogen and oxygen atoms in total. The Kier molecular flexibility index (Phi) is 3.16. The topological polar surface area (TPSA) is 29.3 Å². The Labute approximate surface area is 114 Å². The quantitative estimate of drug-likeness (QED) is 0.821. The van der Waals surface area contributed by atoms with Crippen molar-refractivity contribution < 1.29 is 0 Å². The van der Waals surface area contributed by atoms with Crippen molar-refractivity contribution in [1.29, 1.82) is 0 Å². The normalized spacial score (nSPS) is 18.8. The van der Waals surface area contributed by atoms with E-state index in [-0.39, 0.29) is 0 Å². The van der Waals surface area contributed by atoms with Crippen LogP contribution in [0.4, 0.5) is 11.4 Å². The summed E-state index contributed by atoms with van der Waals surface area (Å²) in [4.78, 5) is 2.46. The molecule has 1 aliphatic heterocycles. The highest BCUT2D eigenvalue weighted by molar-refractivity contribution is 5.69. The fourth-order valence-electron chi connectivity index (χ4n) is 2.98. The molecule has 1 heterocycles.